The van der Waals surface area contributed by atoms with E-state index in [0.717, 1.165) is 29.3 Å². The van der Waals surface area contributed by atoms with Gasteiger partial charge in [-0.25, -0.2) is 4.79 Å². The van der Waals surface area contributed by atoms with E-state index in [2.05, 4.69) is 5.32 Å². The van der Waals surface area contributed by atoms with Gasteiger partial charge in [-0.2, -0.15) is 22.7 Å². The van der Waals surface area contributed by atoms with Crippen LogP contribution in [0.25, 0.3) is 17.2 Å². The van der Waals surface area contributed by atoms with E-state index in [4.69, 9.17) is 31.2 Å². The zero-order chi connectivity index (χ0) is 38.2. The highest BCUT2D eigenvalue weighted by Crippen LogP contribution is 2.40. The zero-order valence-electron chi connectivity index (χ0n) is 30.3. The molecule has 1 saturated heterocycles. The molecule has 0 radical (unpaired) electrons. The number of alkyl halides is 3. The average Bonchev–Trinajstić information content (AvgIpc) is 3.80. The summed E-state index contributed by atoms with van der Waals surface area (Å²) in [5, 5.41) is 7.13. The molecular formula is C37H41ClF3N7O5. The molecule has 2 unspecified atom stereocenters. The topological polar surface area (TPSA) is 123 Å². The van der Waals surface area contributed by atoms with Gasteiger partial charge in [-0.1, -0.05) is 30.7 Å². The predicted octanol–water partition coefficient (Wildman–Crippen LogP) is 6.96. The third-order valence-corrected chi connectivity index (χ3v) is 10.4. The van der Waals surface area contributed by atoms with Crippen molar-refractivity contribution >= 4 is 40.8 Å². The smallest absolute Gasteiger partial charge is 0.416 e. The number of aromatic nitrogens is 4. The highest BCUT2D eigenvalue weighted by atomic mass is 35.5. The van der Waals surface area contributed by atoms with Crippen molar-refractivity contribution in [1.29, 1.82) is 0 Å². The normalized spacial score (nSPS) is 19.7. The van der Waals surface area contributed by atoms with Gasteiger partial charge in [0.2, 0.25) is 11.7 Å². The fourth-order valence-electron chi connectivity index (χ4n) is 7.46. The Morgan fingerprint density at radius 1 is 1.11 bits per heavy atom. The van der Waals surface area contributed by atoms with Gasteiger partial charge >= 0.3 is 12.3 Å². The van der Waals surface area contributed by atoms with Crippen molar-refractivity contribution in [3.05, 3.63) is 74.2 Å². The third kappa shape index (κ3) is 6.73. The first kappa shape index (κ1) is 36.7. The number of nitrogens with zero attached hydrogens (tertiary/aromatic N) is 6. The van der Waals surface area contributed by atoms with Gasteiger partial charge in [0.05, 0.1) is 34.2 Å². The monoisotopic (exact) mass is 755 g/mol. The molecule has 16 heteroatoms. The average molecular weight is 756 g/mol. The van der Waals surface area contributed by atoms with Crippen molar-refractivity contribution in [3.63, 3.8) is 0 Å². The molecule has 0 spiro atoms. The molecule has 3 aliphatic rings. The zero-order valence-corrected chi connectivity index (χ0v) is 31.1. The van der Waals surface area contributed by atoms with E-state index in [1.807, 2.05) is 43.9 Å². The van der Waals surface area contributed by atoms with E-state index in [1.165, 1.54) is 4.52 Å². The van der Waals surface area contributed by atoms with Crippen LogP contribution in [0.15, 0.2) is 41.2 Å². The Hall–Kier alpha value is -4.63. The molecule has 0 aliphatic carbocycles. The van der Waals surface area contributed by atoms with Gasteiger partial charge in [0.1, 0.15) is 17.3 Å². The molecule has 2 atom stereocenters. The van der Waals surface area contributed by atoms with Crippen molar-refractivity contribution < 1.29 is 32.2 Å². The fraction of sp³-hybridized carbons (Fsp3) is 0.486. The Morgan fingerprint density at radius 3 is 2.55 bits per heavy atom. The molecule has 3 aliphatic heterocycles. The van der Waals surface area contributed by atoms with Crippen LogP contribution in [0.2, 0.25) is 5.02 Å². The minimum absolute atomic E-state index is 0.0187. The van der Waals surface area contributed by atoms with E-state index in [9.17, 15) is 27.6 Å². The molecule has 4 aromatic rings. The van der Waals surface area contributed by atoms with Crippen molar-refractivity contribution in [2.45, 2.75) is 96.9 Å². The van der Waals surface area contributed by atoms with Gasteiger partial charge in [0.25, 0.3) is 5.56 Å². The van der Waals surface area contributed by atoms with Crippen LogP contribution in [0.5, 0.6) is 0 Å². The summed E-state index contributed by atoms with van der Waals surface area (Å²) in [6.45, 7) is 12.7. The fourth-order valence-corrected chi connectivity index (χ4v) is 7.69. The molecule has 1 N–H and O–H groups in total. The molecule has 2 aromatic heterocycles. The first-order valence-electron chi connectivity index (χ1n) is 17.6. The van der Waals surface area contributed by atoms with Gasteiger partial charge in [-0.15, -0.1) is 5.10 Å². The van der Waals surface area contributed by atoms with Crippen LogP contribution in [0.3, 0.4) is 0 Å². The number of rotatable bonds is 5. The lowest BCUT2D eigenvalue weighted by Gasteiger charge is -2.42. The number of ether oxygens (including phenoxy) is 2. The second-order valence-corrected chi connectivity index (χ2v) is 15.6. The Labute approximate surface area is 308 Å². The van der Waals surface area contributed by atoms with E-state index in [1.54, 1.807) is 30.2 Å². The van der Waals surface area contributed by atoms with Gasteiger partial charge in [0.15, 0.2) is 5.82 Å². The van der Waals surface area contributed by atoms with Crippen LogP contribution in [0.4, 0.5) is 29.3 Å². The molecular weight excluding hydrogens is 715 g/mol. The summed E-state index contributed by atoms with van der Waals surface area (Å²) < 4.78 is 54.5. The van der Waals surface area contributed by atoms with Crippen LogP contribution in [0.1, 0.15) is 82.8 Å². The maximum Gasteiger partial charge on any atom is 0.416 e. The lowest BCUT2D eigenvalue weighted by atomic mass is 9.94. The highest BCUT2D eigenvalue weighted by Gasteiger charge is 2.40. The Kier molecular flexibility index (Phi) is 9.04. The minimum Gasteiger partial charge on any atom is -0.444 e. The number of hydrogen-bond donors (Lipinski definition) is 1. The molecule has 7 rings (SSSR count). The first-order valence-corrected chi connectivity index (χ1v) is 18.0. The Balaban J connectivity index is 1.31. The lowest BCUT2D eigenvalue weighted by Crippen LogP contribution is -2.57. The molecule has 53 heavy (non-hydrogen) atoms. The Morgan fingerprint density at radius 2 is 1.87 bits per heavy atom. The van der Waals surface area contributed by atoms with E-state index >= 15 is 0 Å². The van der Waals surface area contributed by atoms with Crippen LogP contribution in [0, 0.1) is 0 Å². The van der Waals surface area contributed by atoms with Gasteiger partial charge < -0.3 is 24.6 Å². The Bertz CT molecular complexity index is 2190. The number of amides is 2. The van der Waals surface area contributed by atoms with E-state index in [-0.39, 0.29) is 34.8 Å². The van der Waals surface area contributed by atoms with Crippen LogP contribution >= 0.6 is 11.6 Å². The maximum atomic E-state index is 14.6. The summed E-state index contributed by atoms with van der Waals surface area (Å²) in [5.74, 6) is -0.109. The number of carbonyl (C=O) groups is 2. The summed E-state index contributed by atoms with van der Waals surface area (Å²) in [6.07, 6.45) is -3.83. The summed E-state index contributed by atoms with van der Waals surface area (Å²) >= 11 is 6.22. The molecule has 12 nitrogen and oxygen atoms in total. The summed E-state index contributed by atoms with van der Waals surface area (Å²) in [7, 11) is 0. The van der Waals surface area contributed by atoms with Crippen molar-refractivity contribution in [2.24, 2.45) is 0 Å². The molecule has 1 fully saturated rings. The SMILES string of the molecule is CCC1CN(C(=O)OC(C)(C)C)CCN1c1c2n(c3nc(-c4ccc5c(c4)COC5(C)C)nn3c1=O)C(C(=O)Nc1ccc(C(F)(F)F)cc1Cl)CC2. The molecule has 2 amide bonds. The number of piperazine rings is 1. The number of hydrogen-bond acceptors (Lipinski definition) is 8. The highest BCUT2D eigenvalue weighted by molar-refractivity contribution is 6.33. The number of carbonyl (C=O) groups excluding carboxylic acids is 2. The second kappa shape index (κ2) is 13.0. The largest absolute Gasteiger partial charge is 0.444 e. The third-order valence-electron chi connectivity index (χ3n) is 10.1. The van der Waals surface area contributed by atoms with Gasteiger partial charge in [-0.3, -0.25) is 14.2 Å². The van der Waals surface area contributed by atoms with Crippen LogP contribution < -0.4 is 15.8 Å². The molecule has 0 bridgehead atoms. The van der Waals surface area contributed by atoms with Crippen molar-refractivity contribution in [1.82, 2.24) is 24.1 Å². The van der Waals surface area contributed by atoms with Gasteiger partial charge in [-0.05, 0) is 89.3 Å². The first-order chi connectivity index (χ1) is 24.9. The van der Waals surface area contributed by atoms with Gasteiger partial charge in [0, 0.05) is 31.2 Å². The summed E-state index contributed by atoms with van der Waals surface area (Å²) in [4.78, 5) is 50.1. The van der Waals surface area contributed by atoms with Crippen LogP contribution in [-0.2, 0) is 39.1 Å². The number of benzene rings is 2. The standard InChI is InChI=1S/C37H41ClF3N7O5/c1-7-23-18-45(34(51)53-35(2,3)4)14-15-46(23)29-27-12-13-28(31(49)42-26-11-9-22(17-25(26)38)37(39,40)41)47(27)33-43-30(44-48(33)32(29)50)20-8-10-24-21(16-20)19-52-36(24,5)6/h8-11,16-17,23,28H,7,12-15,18-19H2,1-6H3,(H,42,49). The molecule has 0 saturated carbocycles. The molecule has 282 valence electrons. The van der Waals surface area contributed by atoms with E-state index in [0.29, 0.717) is 56.0 Å². The number of fused-ring (bicyclic) bond motifs is 4. The number of halogens is 4. The van der Waals surface area contributed by atoms with Crippen molar-refractivity contribution in [3.8, 4) is 11.4 Å². The summed E-state index contributed by atoms with van der Waals surface area (Å²) in [5.41, 5.74) is 1.17. The van der Waals surface area contributed by atoms with Crippen LogP contribution in [-0.4, -0.2) is 67.3 Å². The van der Waals surface area contributed by atoms with E-state index < -0.39 is 46.5 Å². The quantitative estimate of drug-likeness (QED) is 0.232. The second-order valence-electron chi connectivity index (χ2n) is 15.2. The predicted molar refractivity (Wildman–Crippen MR) is 192 cm³/mol. The molecule has 2 aromatic carbocycles. The van der Waals surface area contributed by atoms with Crippen molar-refractivity contribution in [2.75, 3.05) is 29.9 Å². The lowest BCUT2D eigenvalue weighted by molar-refractivity contribution is -0.137. The molecule has 5 heterocycles. The number of nitrogens with one attached hydrogen (secondary N) is 1. The minimum atomic E-state index is -4.60. The number of anilines is 2. The summed E-state index contributed by atoms with van der Waals surface area (Å²) in [6, 6.07) is 7.36. The maximum absolute atomic E-state index is 14.6.